The second kappa shape index (κ2) is 37.4. The predicted molar refractivity (Wildman–Crippen MR) is 162 cm³/mol. The molecule has 1 N–H and O–H groups in total. The van der Waals surface area contributed by atoms with Crippen molar-refractivity contribution < 1.29 is 76.3 Å². The topological polar surface area (TPSA) is 182 Å². The Morgan fingerprint density at radius 3 is 0.935 bits per heavy atom. The van der Waals surface area contributed by atoms with Gasteiger partial charge in [-0.3, -0.25) is 9.59 Å². The van der Waals surface area contributed by atoms with E-state index in [1.807, 2.05) is 0 Å². The molecule has 0 unspecified atom stereocenters. The summed E-state index contributed by atoms with van der Waals surface area (Å²) in [5.74, 6) is -3.24. The number of rotatable bonds is 39. The maximum absolute atomic E-state index is 11.4. The van der Waals surface area contributed by atoms with Gasteiger partial charge in [0.25, 0.3) is 0 Å². The Morgan fingerprint density at radius 2 is 0.674 bits per heavy atom. The van der Waals surface area contributed by atoms with E-state index in [1.165, 1.54) is 0 Å². The molecule has 0 aromatic heterocycles. The Kier molecular flexibility index (Phi) is 35.7. The smallest absolute Gasteiger partial charge is 0.372 e. The molecule has 46 heavy (non-hydrogen) atoms. The number of hydrogen-bond donors (Lipinski definition) is 1. The molecule has 270 valence electrons. The summed E-state index contributed by atoms with van der Waals surface area (Å²) in [5, 5.41) is 8.44. The van der Waals surface area contributed by atoms with Crippen LogP contribution in [0.4, 0.5) is 0 Å². The van der Waals surface area contributed by atoms with Gasteiger partial charge in [-0.15, -0.1) is 6.58 Å². The Balaban J connectivity index is 3.12. The van der Waals surface area contributed by atoms with E-state index in [9.17, 15) is 14.4 Å². The fraction of sp³-hybridized carbons (Fsp3) is 0.833. The molecule has 0 aliphatic rings. The first-order chi connectivity index (χ1) is 22.6. The number of ether oxygens (including phenoxy) is 12. The van der Waals surface area contributed by atoms with Crippen molar-refractivity contribution in [3.63, 3.8) is 0 Å². The van der Waals surface area contributed by atoms with E-state index in [1.54, 1.807) is 6.08 Å². The summed E-state index contributed by atoms with van der Waals surface area (Å²) in [6, 6.07) is 0. The Bertz CT molecular complexity index is 708. The summed E-state index contributed by atoms with van der Waals surface area (Å²) in [6.07, 6.45) is 1.04. The van der Waals surface area contributed by atoms with Crippen LogP contribution in [-0.4, -0.2) is 175 Å². The minimum absolute atomic E-state index is 0.0134. The number of esters is 1. The van der Waals surface area contributed by atoms with Crippen molar-refractivity contribution in [3.05, 3.63) is 12.7 Å². The van der Waals surface area contributed by atoms with Gasteiger partial charge >= 0.3 is 11.9 Å². The average molecular weight is 671 g/mol. The molecule has 0 aromatic rings. The molecule has 16 nitrogen and oxygen atoms in total. The standard InChI is InChI=1S/C30H54O16/c1-2-5-35-6-7-36-8-9-37-10-11-38-12-13-39-14-15-40-16-17-41-18-19-42-20-21-43-22-23-44-24-25-45-26-27-46-29(32)4-3-28(31)30(33)34/h2H,1,3-27H2,(H,33,34). The summed E-state index contributed by atoms with van der Waals surface area (Å²) < 4.78 is 64.0. The Labute approximate surface area is 271 Å². The van der Waals surface area contributed by atoms with Crippen LogP contribution in [0.2, 0.25) is 0 Å². The highest BCUT2D eigenvalue weighted by Crippen LogP contribution is 1.95. The van der Waals surface area contributed by atoms with Gasteiger partial charge in [0.1, 0.15) is 6.61 Å². The molecule has 0 rings (SSSR count). The van der Waals surface area contributed by atoms with Crippen LogP contribution in [0.15, 0.2) is 12.7 Å². The molecule has 0 heterocycles. The summed E-state index contributed by atoms with van der Waals surface area (Å²) in [7, 11) is 0. The molecule has 0 spiro atoms. The monoisotopic (exact) mass is 670 g/mol. The number of Topliss-reactive ketones (excluding diaryl/α,β-unsaturated/α-hetero) is 1. The van der Waals surface area contributed by atoms with Crippen molar-refractivity contribution in [2.75, 3.05) is 152 Å². The van der Waals surface area contributed by atoms with Crippen LogP contribution >= 0.6 is 0 Å². The Morgan fingerprint density at radius 1 is 0.413 bits per heavy atom. The fourth-order valence-electron chi connectivity index (χ4n) is 2.97. The van der Waals surface area contributed by atoms with E-state index < -0.39 is 17.7 Å². The highest BCUT2D eigenvalue weighted by molar-refractivity contribution is 6.32. The summed E-state index contributed by atoms with van der Waals surface area (Å²) in [6.45, 7) is 13.6. The van der Waals surface area contributed by atoms with Gasteiger partial charge in [-0.1, -0.05) is 6.08 Å². The van der Waals surface area contributed by atoms with Crippen molar-refractivity contribution >= 4 is 17.7 Å². The van der Waals surface area contributed by atoms with Crippen molar-refractivity contribution in [2.45, 2.75) is 12.8 Å². The first kappa shape index (κ1) is 43.9. The normalized spacial score (nSPS) is 11.1. The van der Waals surface area contributed by atoms with E-state index >= 15 is 0 Å². The third-order valence-electron chi connectivity index (χ3n) is 5.24. The number of carboxylic acid groups (broad SMARTS) is 1. The first-order valence-electron chi connectivity index (χ1n) is 15.5. The van der Waals surface area contributed by atoms with E-state index in [0.29, 0.717) is 139 Å². The van der Waals surface area contributed by atoms with E-state index in [-0.39, 0.29) is 26.1 Å². The number of carboxylic acids is 1. The minimum Gasteiger partial charge on any atom is -0.476 e. The lowest BCUT2D eigenvalue weighted by Crippen LogP contribution is -2.17. The van der Waals surface area contributed by atoms with E-state index in [0.717, 1.165) is 0 Å². The van der Waals surface area contributed by atoms with Crippen molar-refractivity contribution in [1.82, 2.24) is 0 Å². The summed E-state index contributed by atoms with van der Waals surface area (Å²) >= 11 is 0. The zero-order valence-corrected chi connectivity index (χ0v) is 27.0. The molecule has 0 bridgehead atoms. The third kappa shape index (κ3) is 36.4. The number of hydrogen-bond acceptors (Lipinski definition) is 15. The maximum Gasteiger partial charge on any atom is 0.372 e. The molecule has 0 aliphatic heterocycles. The number of carbonyl (C=O) groups is 3. The number of ketones is 1. The largest absolute Gasteiger partial charge is 0.476 e. The number of aliphatic carboxylic acids is 1. The molecular weight excluding hydrogens is 616 g/mol. The first-order valence-corrected chi connectivity index (χ1v) is 15.5. The molecule has 16 heteroatoms. The molecule has 0 aliphatic carbocycles. The van der Waals surface area contributed by atoms with Crippen LogP contribution < -0.4 is 0 Å². The van der Waals surface area contributed by atoms with Crippen molar-refractivity contribution in [3.8, 4) is 0 Å². The van der Waals surface area contributed by atoms with Crippen molar-refractivity contribution in [1.29, 1.82) is 0 Å². The van der Waals surface area contributed by atoms with Gasteiger partial charge in [0.2, 0.25) is 5.78 Å². The van der Waals surface area contributed by atoms with Gasteiger partial charge < -0.3 is 61.9 Å². The molecule has 0 aromatic carbocycles. The number of carbonyl (C=O) groups excluding carboxylic acids is 2. The van der Waals surface area contributed by atoms with Gasteiger partial charge in [-0.05, 0) is 0 Å². The quantitative estimate of drug-likeness (QED) is 0.0408. The molecule has 0 fully saturated rings. The zero-order valence-electron chi connectivity index (χ0n) is 27.0. The van der Waals surface area contributed by atoms with Crippen LogP contribution in [0.5, 0.6) is 0 Å². The van der Waals surface area contributed by atoms with Crippen LogP contribution in [0.3, 0.4) is 0 Å². The highest BCUT2D eigenvalue weighted by atomic mass is 16.6. The summed E-state index contributed by atoms with van der Waals surface area (Å²) in [4.78, 5) is 32.6. The minimum atomic E-state index is -1.56. The van der Waals surface area contributed by atoms with E-state index in [4.69, 9.17) is 61.9 Å². The van der Waals surface area contributed by atoms with Gasteiger partial charge in [0, 0.05) is 6.42 Å². The van der Waals surface area contributed by atoms with Gasteiger partial charge in [0.05, 0.1) is 152 Å². The van der Waals surface area contributed by atoms with E-state index in [2.05, 4.69) is 6.58 Å². The molecular formula is C30H54O16. The SMILES string of the molecule is C=CCOCCOCCOCCOCCOCCOCCOCCOCCOCCOCCOCCOC(=O)CCC(=O)C(=O)O. The fourth-order valence-corrected chi connectivity index (χ4v) is 2.97. The lowest BCUT2D eigenvalue weighted by atomic mass is 10.2. The maximum atomic E-state index is 11.4. The molecule has 0 atom stereocenters. The Hall–Kier alpha value is -2.09. The van der Waals surface area contributed by atoms with Crippen molar-refractivity contribution in [2.24, 2.45) is 0 Å². The molecule has 0 saturated heterocycles. The van der Waals surface area contributed by atoms with Crippen LogP contribution in [0.1, 0.15) is 12.8 Å². The van der Waals surface area contributed by atoms with Gasteiger partial charge in [0.15, 0.2) is 0 Å². The lowest BCUT2D eigenvalue weighted by Gasteiger charge is -2.09. The molecule has 0 saturated carbocycles. The zero-order chi connectivity index (χ0) is 33.6. The third-order valence-corrected chi connectivity index (χ3v) is 5.24. The summed E-state index contributed by atoms with van der Waals surface area (Å²) in [5.41, 5.74) is 0. The second-order valence-electron chi connectivity index (χ2n) is 8.94. The van der Waals surface area contributed by atoms with Crippen LogP contribution in [0.25, 0.3) is 0 Å². The predicted octanol–water partition coefficient (Wildman–Crippen LogP) is 0.332. The molecule has 0 radical (unpaired) electrons. The van der Waals surface area contributed by atoms with Crippen LogP contribution in [-0.2, 0) is 71.2 Å². The second-order valence-corrected chi connectivity index (χ2v) is 8.94. The molecule has 0 amide bonds. The average Bonchev–Trinajstić information content (AvgIpc) is 3.05. The van der Waals surface area contributed by atoms with Gasteiger partial charge in [-0.2, -0.15) is 0 Å². The highest BCUT2D eigenvalue weighted by Gasteiger charge is 2.14. The lowest BCUT2D eigenvalue weighted by molar-refractivity contribution is -0.151. The van der Waals surface area contributed by atoms with Crippen LogP contribution in [0, 0.1) is 0 Å². The van der Waals surface area contributed by atoms with Gasteiger partial charge in [-0.25, -0.2) is 4.79 Å².